The van der Waals surface area contributed by atoms with E-state index in [0.717, 1.165) is 5.56 Å². The van der Waals surface area contributed by atoms with Gasteiger partial charge in [0.1, 0.15) is 6.04 Å². The SMILES string of the molecule is CC(C)C(NC(=O)CN)C(=O)NCC(=O)NC(CC(=O)Nc1cc(Cl)cc(Cl)c1)Cc1ccccc1. The first-order valence-electron chi connectivity index (χ1n) is 11.4. The van der Waals surface area contributed by atoms with Crippen LogP contribution in [0.4, 0.5) is 5.69 Å². The van der Waals surface area contributed by atoms with Crippen molar-refractivity contribution in [3.05, 3.63) is 64.1 Å². The maximum Gasteiger partial charge on any atom is 0.243 e. The number of nitrogens with one attached hydrogen (secondary N) is 4. The molecule has 11 heteroatoms. The molecule has 0 aliphatic carbocycles. The lowest BCUT2D eigenvalue weighted by Crippen LogP contribution is -2.53. The van der Waals surface area contributed by atoms with Crippen molar-refractivity contribution in [2.45, 2.75) is 38.8 Å². The van der Waals surface area contributed by atoms with E-state index in [9.17, 15) is 19.2 Å². The molecule has 0 saturated carbocycles. The summed E-state index contributed by atoms with van der Waals surface area (Å²) in [7, 11) is 0. The van der Waals surface area contributed by atoms with Crippen LogP contribution in [0.2, 0.25) is 10.0 Å². The molecule has 9 nitrogen and oxygen atoms in total. The fourth-order valence-electron chi connectivity index (χ4n) is 3.46. The first kappa shape index (κ1) is 29.1. The molecule has 0 bridgehead atoms. The Morgan fingerprint density at radius 2 is 1.53 bits per heavy atom. The van der Waals surface area contributed by atoms with E-state index in [1.165, 1.54) is 0 Å². The number of carbonyl (C=O) groups excluding carboxylic acids is 4. The summed E-state index contributed by atoms with van der Waals surface area (Å²) in [5.74, 6) is -2.00. The van der Waals surface area contributed by atoms with Crippen molar-refractivity contribution in [2.75, 3.05) is 18.4 Å². The first-order chi connectivity index (χ1) is 17.1. The summed E-state index contributed by atoms with van der Waals surface area (Å²) in [5, 5.41) is 11.4. The van der Waals surface area contributed by atoms with Gasteiger partial charge in [0.15, 0.2) is 0 Å². The molecule has 0 aliphatic rings. The standard InChI is InChI=1S/C25H31Cl2N5O4/c1-15(2)24(32-22(34)13-28)25(36)29-14-23(35)31-19(8-16-6-4-3-5-7-16)12-21(33)30-20-10-17(26)9-18(27)11-20/h3-7,9-11,15,19,24H,8,12-14,28H2,1-2H3,(H,29,36)(H,30,33)(H,31,35)(H,32,34). The molecule has 0 spiro atoms. The molecule has 2 unspecified atom stereocenters. The van der Waals surface area contributed by atoms with Crippen molar-refractivity contribution in [2.24, 2.45) is 11.7 Å². The van der Waals surface area contributed by atoms with E-state index in [2.05, 4.69) is 21.3 Å². The van der Waals surface area contributed by atoms with Gasteiger partial charge in [0.05, 0.1) is 13.1 Å². The van der Waals surface area contributed by atoms with Crippen LogP contribution in [0.5, 0.6) is 0 Å². The number of halogens is 2. The Kier molecular flexibility index (Phi) is 11.7. The molecule has 0 radical (unpaired) electrons. The molecular weight excluding hydrogens is 505 g/mol. The van der Waals surface area contributed by atoms with Crippen LogP contribution in [0.3, 0.4) is 0 Å². The van der Waals surface area contributed by atoms with Crippen LogP contribution >= 0.6 is 23.2 Å². The highest BCUT2D eigenvalue weighted by atomic mass is 35.5. The van der Waals surface area contributed by atoms with Crippen molar-refractivity contribution in [1.29, 1.82) is 0 Å². The monoisotopic (exact) mass is 535 g/mol. The van der Waals surface area contributed by atoms with E-state index in [1.807, 2.05) is 30.3 Å². The highest BCUT2D eigenvalue weighted by Crippen LogP contribution is 2.22. The largest absolute Gasteiger partial charge is 0.351 e. The van der Waals surface area contributed by atoms with Crippen LogP contribution in [0.1, 0.15) is 25.8 Å². The van der Waals surface area contributed by atoms with E-state index in [1.54, 1.807) is 32.0 Å². The van der Waals surface area contributed by atoms with Gasteiger partial charge < -0.3 is 27.0 Å². The van der Waals surface area contributed by atoms with E-state index >= 15 is 0 Å². The zero-order valence-corrected chi connectivity index (χ0v) is 21.7. The molecule has 0 aliphatic heterocycles. The van der Waals surface area contributed by atoms with Crippen LogP contribution in [0, 0.1) is 5.92 Å². The van der Waals surface area contributed by atoms with E-state index in [4.69, 9.17) is 28.9 Å². The molecule has 0 saturated heterocycles. The highest BCUT2D eigenvalue weighted by Gasteiger charge is 2.24. The van der Waals surface area contributed by atoms with Crippen molar-refractivity contribution in [3.63, 3.8) is 0 Å². The van der Waals surface area contributed by atoms with Gasteiger partial charge in [-0.1, -0.05) is 67.4 Å². The summed E-state index contributed by atoms with van der Waals surface area (Å²) in [4.78, 5) is 49.5. The number of carbonyl (C=O) groups is 4. The molecule has 2 aromatic rings. The van der Waals surface area contributed by atoms with Crippen LogP contribution in [-0.4, -0.2) is 48.8 Å². The van der Waals surface area contributed by atoms with Crippen molar-refractivity contribution >= 4 is 52.5 Å². The predicted octanol–water partition coefficient (Wildman–Crippen LogP) is 2.27. The minimum Gasteiger partial charge on any atom is -0.351 e. The Labute approximate surface area is 220 Å². The quantitative estimate of drug-likeness (QED) is 0.283. The van der Waals surface area contributed by atoms with Crippen molar-refractivity contribution < 1.29 is 19.2 Å². The Bertz CT molecular complexity index is 1050. The van der Waals surface area contributed by atoms with Gasteiger partial charge >= 0.3 is 0 Å². The molecule has 194 valence electrons. The Morgan fingerprint density at radius 1 is 0.889 bits per heavy atom. The van der Waals surface area contributed by atoms with Gasteiger partial charge in [-0.15, -0.1) is 0 Å². The lowest BCUT2D eigenvalue weighted by molar-refractivity contribution is -0.131. The van der Waals surface area contributed by atoms with Gasteiger partial charge in [0, 0.05) is 28.2 Å². The molecule has 6 N–H and O–H groups in total. The summed E-state index contributed by atoms with van der Waals surface area (Å²) >= 11 is 12.0. The summed E-state index contributed by atoms with van der Waals surface area (Å²) < 4.78 is 0. The van der Waals surface area contributed by atoms with Gasteiger partial charge in [0.2, 0.25) is 23.6 Å². The molecule has 36 heavy (non-hydrogen) atoms. The smallest absolute Gasteiger partial charge is 0.243 e. The second-order valence-electron chi connectivity index (χ2n) is 8.58. The number of anilines is 1. The third kappa shape index (κ3) is 10.2. The zero-order chi connectivity index (χ0) is 26.7. The Morgan fingerprint density at radius 3 is 2.11 bits per heavy atom. The first-order valence-corrected chi connectivity index (χ1v) is 12.2. The average Bonchev–Trinajstić information content (AvgIpc) is 2.80. The Hall–Kier alpha value is -3.14. The Balaban J connectivity index is 2.02. The third-order valence-electron chi connectivity index (χ3n) is 5.14. The normalized spacial score (nSPS) is 12.4. The summed E-state index contributed by atoms with van der Waals surface area (Å²) in [5.41, 5.74) is 6.67. The fourth-order valence-corrected chi connectivity index (χ4v) is 3.98. The maximum atomic E-state index is 12.7. The van der Waals surface area contributed by atoms with Crippen molar-refractivity contribution in [3.8, 4) is 0 Å². The molecule has 4 amide bonds. The van der Waals surface area contributed by atoms with E-state index in [-0.39, 0.29) is 31.3 Å². The minimum atomic E-state index is -0.829. The summed E-state index contributed by atoms with van der Waals surface area (Å²) in [6.07, 6.45) is 0.366. The number of amides is 4. The lowest BCUT2D eigenvalue weighted by Gasteiger charge is -2.22. The van der Waals surface area contributed by atoms with Gasteiger partial charge in [-0.2, -0.15) is 0 Å². The maximum absolute atomic E-state index is 12.7. The molecule has 0 fully saturated rings. The fraction of sp³-hybridized carbons (Fsp3) is 0.360. The van der Waals surface area contributed by atoms with Gasteiger partial charge in [-0.25, -0.2) is 0 Å². The number of hydrogen-bond donors (Lipinski definition) is 5. The summed E-state index contributed by atoms with van der Waals surface area (Å²) in [6, 6.07) is 12.7. The van der Waals surface area contributed by atoms with Crippen LogP contribution in [0.15, 0.2) is 48.5 Å². The van der Waals surface area contributed by atoms with E-state index < -0.39 is 29.8 Å². The van der Waals surface area contributed by atoms with Crippen LogP contribution in [-0.2, 0) is 25.6 Å². The number of rotatable bonds is 12. The molecule has 2 aromatic carbocycles. The molecular formula is C25H31Cl2N5O4. The number of hydrogen-bond acceptors (Lipinski definition) is 5. The van der Waals surface area contributed by atoms with Gasteiger partial charge in [-0.3, -0.25) is 19.2 Å². The van der Waals surface area contributed by atoms with Crippen molar-refractivity contribution in [1.82, 2.24) is 16.0 Å². The summed E-state index contributed by atoms with van der Waals surface area (Å²) in [6.45, 7) is 2.96. The van der Waals surface area contributed by atoms with Gasteiger partial charge in [0.25, 0.3) is 0 Å². The van der Waals surface area contributed by atoms with Gasteiger partial charge in [-0.05, 0) is 36.1 Å². The zero-order valence-electron chi connectivity index (χ0n) is 20.1. The number of benzene rings is 2. The van der Waals surface area contributed by atoms with Crippen LogP contribution < -0.4 is 27.0 Å². The highest BCUT2D eigenvalue weighted by molar-refractivity contribution is 6.35. The predicted molar refractivity (Wildman–Crippen MR) is 141 cm³/mol. The third-order valence-corrected chi connectivity index (χ3v) is 5.58. The number of nitrogens with two attached hydrogens (primary N) is 1. The molecule has 2 rings (SSSR count). The van der Waals surface area contributed by atoms with E-state index in [0.29, 0.717) is 22.2 Å². The molecule has 2 atom stereocenters. The molecule has 0 aromatic heterocycles. The average molecular weight is 536 g/mol. The lowest BCUT2D eigenvalue weighted by atomic mass is 10.0. The second kappa shape index (κ2) is 14.4. The minimum absolute atomic E-state index is 0.0279. The second-order valence-corrected chi connectivity index (χ2v) is 9.45. The topological polar surface area (TPSA) is 142 Å². The van der Waals surface area contributed by atoms with Crippen LogP contribution in [0.25, 0.3) is 0 Å². The molecule has 0 heterocycles.